The average molecular weight is 267 g/mol. The molecule has 104 valence electrons. The van der Waals surface area contributed by atoms with Crippen molar-refractivity contribution >= 4 is 17.3 Å². The minimum Gasteiger partial charge on any atom is -0.477 e. The van der Waals surface area contributed by atoms with Crippen LogP contribution >= 0.6 is 0 Å². The standard InChI is InChI=1S/C12H17N3O4/c1-2-13-7-4-8-14-10-6-3-5-9(12(16)17)11(10)15(18)19/h3,5-6,13-14H,2,4,7-8H2,1H3,(H,16,17). The fourth-order valence-electron chi connectivity index (χ4n) is 1.67. The van der Waals surface area contributed by atoms with Gasteiger partial charge in [0.1, 0.15) is 11.3 Å². The molecule has 3 N–H and O–H groups in total. The van der Waals surface area contributed by atoms with Crippen molar-refractivity contribution in [1.29, 1.82) is 0 Å². The number of benzene rings is 1. The number of carbonyl (C=O) groups is 1. The zero-order valence-electron chi connectivity index (χ0n) is 10.7. The normalized spacial score (nSPS) is 10.2. The minimum absolute atomic E-state index is 0.237. The highest BCUT2D eigenvalue weighted by Gasteiger charge is 2.23. The van der Waals surface area contributed by atoms with Crippen molar-refractivity contribution in [3.63, 3.8) is 0 Å². The van der Waals surface area contributed by atoms with Gasteiger partial charge >= 0.3 is 11.7 Å². The van der Waals surface area contributed by atoms with Gasteiger partial charge in [-0.2, -0.15) is 0 Å². The molecule has 0 heterocycles. The Bertz CT molecular complexity index is 462. The predicted molar refractivity (Wildman–Crippen MR) is 71.7 cm³/mol. The van der Waals surface area contributed by atoms with Gasteiger partial charge in [0.25, 0.3) is 0 Å². The van der Waals surface area contributed by atoms with E-state index in [1.165, 1.54) is 18.2 Å². The Morgan fingerprint density at radius 2 is 2.16 bits per heavy atom. The third-order valence-corrected chi connectivity index (χ3v) is 2.54. The molecule has 1 aromatic carbocycles. The highest BCUT2D eigenvalue weighted by Crippen LogP contribution is 2.28. The van der Waals surface area contributed by atoms with Crippen molar-refractivity contribution in [2.75, 3.05) is 25.0 Å². The van der Waals surface area contributed by atoms with Crippen LogP contribution in [-0.2, 0) is 0 Å². The van der Waals surface area contributed by atoms with Crippen molar-refractivity contribution in [2.24, 2.45) is 0 Å². The van der Waals surface area contributed by atoms with Crippen molar-refractivity contribution in [1.82, 2.24) is 5.32 Å². The zero-order valence-corrected chi connectivity index (χ0v) is 10.7. The number of rotatable bonds is 8. The Kier molecular flexibility index (Phi) is 5.74. The maximum atomic E-state index is 11.0. The van der Waals surface area contributed by atoms with Crippen molar-refractivity contribution in [3.8, 4) is 0 Å². The first kappa shape index (κ1) is 14.9. The van der Waals surface area contributed by atoms with Crippen molar-refractivity contribution < 1.29 is 14.8 Å². The largest absolute Gasteiger partial charge is 0.477 e. The van der Waals surface area contributed by atoms with E-state index in [1.54, 1.807) is 0 Å². The van der Waals surface area contributed by atoms with Crippen LogP contribution in [0.5, 0.6) is 0 Å². The molecule has 0 aliphatic heterocycles. The molecular formula is C12H17N3O4. The monoisotopic (exact) mass is 267 g/mol. The molecule has 1 aromatic rings. The second kappa shape index (κ2) is 7.32. The highest BCUT2D eigenvalue weighted by atomic mass is 16.6. The van der Waals surface area contributed by atoms with E-state index in [0.717, 1.165) is 19.5 Å². The van der Waals surface area contributed by atoms with E-state index in [9.17, 15) is 14.9 Å². The summed E-state index contributed by atoms with van der Waals surface area (Å²) in [6, 6.07) is 4.23. The number of nitro benzene ring substituents is 1. The predicted octanol–water partition coefficient (Wildman–Crippen LogP) is 1.70. The van der Waals surface area contributed by atoms with E-state index in [0.29, 0.717) is 6.54 Å². The Balaban J connectivity index is 2.80. The first-order valence-electron chi connectivity index (χ1n) is 6.03. The van der Waals surface area contributed by atoms with Gasteiger partial charge in [0.2, 0.25) is 0 Å². The third-order valence-electron chi connectivity index (χ3n) is 2.54. The molecule has 0 aliphatic rings. The van der Waals surface area contributed by atoms with Gasteiger partial charge in [-0.3, -0.25) is 10.1 Å². The van der Waals surface area contributed by atoms with Crippen LogP contribution in [0.15, 0.2) is 18.2 Å². The number of nitro groups is 1. The lowest BCUT2D eigenvalue weighted by Gasteiger charge is -2.08. The van der Waals surface area contributed by atoms with Crippen LogP contribution in [-0.4, -0.2) is 35.6 Å². The molecule has 0 spiro atoms. The summed E-state index contributed by atoms with van der Waals surface area (Å²) < 4.78 is 0. The number of para-hydroxylation sites is 1. The minimum atomic E-state index is -1.30. The third kappa shape index (κ3) is 4.22. The molecule has 0 amide bonds. The molecular weight excluding hydrogens is 250 g/mol. The number of hydrogen-bond acceptors (Lipinski definition) is 5. The second-order valence-corrected chi connectivity index (χ2v) is 3.90. The van der Waals surface area contributed by atoms with E-state index >= 15 is 0 Å². The van der Waals surface area contributed by atoms with E-state index < -0.39 is 16.6 Å². The molecule has 0 aliphatic carbocycles. The van der Waals surface area contributed by atoms with Gasteiger partial charge in [-0.15, -0.1) is 0 Å². The van der Waals surface area contributed by atoms with Crippen LogP contribution in [0, 0.1) is 10.1 Å². The molecule has 0 unspecified atom stereocenters. The van der Waals surface area contributed by atoms with Crippen LogP contribution in [0.3, 0.4) is 0 Å². The van der Waals surface area contributed by atoms with Gasteiger partial charge < -0.3 is 15.7 Å². The maximum Gasteiger partial charge on any atom is 0.342 e. The Labute approximate surface area is 110 Å². The number of anilines is 1. The van der Waals surface area contributed by atoms with Crippen molar-refractivity contribution in [2.45, 2.75) is 13.3 Å². The molecule has 0 bridgehead atoms. The number of carboxylic acids is 1. The first-order chi connectivity index (χ1) is 9.07. The lowest BCUT2D eigenvalue weighted by molar-refractivity contribution is -0.384. The van der Waals surface area contributed by atoms with E-state index in [4.69, 9.17) is 5.11 Å². The molecule has 0 fully saturated rings. The average Bonchev–Trinajstić information content (AvgIpc) is 2.37. The second-order valence-electron chi connectivity index (χ2n) is 3.90. The lowest BCUT2D eigenvalue weighted by Crippen LogP contribution is -2.17. The molecule has 0 atom stereocenters. The maximum absolute atomic E-state index is 11.0. The quantitative estimate of drug-likeness (QED) is 0.376. The molecule has 0 radical (unpaired) electrons. The number of hydrogen-bond donors (Lipinski definition) is 3. The topological polar surface area (TPSA) is 104 Å². The van der Waals surface area contributed by atoms with Crippen LogP contribution in [0.2, 0.25) is 0 Å². The van der Waals surface area contributed by atoms with E-state index in [-0.39, 0.29) is 11.3 Å². The summed E-state index contributed by atoms with van der Waals surface area (Å²) in [5, 5.41) is 25.9. The van der Waals surface area contributed by atoms with Gasteiger partial charge in [0.05, 0.1) is 4.92 Å². The summed E-state index contributed by atoms with van der Waals surface area (Å²) in [5.74, 6) is -1.30. The SMILES string of the molecule is CCNCCCNc1cccc(C(=O)O)c1[N+](=O)[O-]. The van der Waals surface area contributed by atoms with Gasteiger partial charge in [0, 0.05) is 6.54 Å². The number of nitrogens with zero attached hydrogens (tertiary/aromatic N) is 1. The summed E-state index contributed by atoms with van der Waals surface area (Å²) in [5.41, 5.74) is -0.457. The fourth-order valence-corrected chi connectivity index (χ4v) is 1.67. The molecule has 7 heteroatoms. The first-order valence-corrected chi connectivity index (χ1v) is 6.03. The van der Waals surface area contributed by atoms with Gasteiger partial charge in [-0.05, 0) is 31.6 Å². The van der Waals surface area contributed by atoms with Gasteiger partial charge in [-0.1, -0.05) is 13.0 Å². The molecule has 19 heavy (non-hydrogen) atoms. The number of nitrogens with one attached hydrogen (secondary N) is 2. The molecule has 0 saturated carbocycles. The summed E-state index contributed by atoms with van der Waals surface area (Å²) in [7, 11) is 0. The van der Waals surface area contributed by atoms with Crippen LogP contribution in [0.4, 0.5) is 11.4 Å². The summed E-state index contributed by atoms with van der Waals surface area (Å²) in [4.78, 5) is 21.3. The molecule has 0 aromatic heterocycles. The van der Waals surface area contributed by atoms with Gasteiger partial charge in [-0.25, -0.2) is 4.79 Å². The lowest BCUT2D eigenvalue weighted by atomic mass is 10.1. The molecule has 7 nitrogen and oxygen atoms in total. The number of aromatic carboxylic acids is 1. The summed E-state index contributed by atoms with van der Waals surface area (Å²) in [6.07, 6.45) is 0.794. The molecule has 1 rings (SSSR count). The Morgan fingerprint density at radius 3 is 2.74 bits per heavy atom. The van der Waals surface area contributed by atoms with E-state index in [2.05, 4.69) is 10.6 Å². The summed E-state index contributed by atoms with van der Waals surface area (Å²) >= 11 is 0. The van der Waals surface area contributed by atoms with E-state index in [1.807, 2.05) is 6.92 Å². The summed E-state index contributed by atoms with van der Waals surface area (Å²) in [6.45, 7) is 4.20. The van der Waals surface area contributed by atoms with Crippen LogP contribution in [0.25, 0.3) is 0 Å². The Hall–Kier alpha value is -2.15. The van der Waals surface area contributed by atoms with Crippen LogP contribution in [0.1, 0.15) is 23.7 Å². The smallest absolute Gasteiger partial charge is 0.342 e. The van der Waals surface area contributed by atoms with Gasteiger partial charge in [0.15, 0.2) is 0 Å². The van der Waals surface area contributed by atoms with Crippen molar-refractivity contribution in [3.05, 3.63) is 33.9 Å². The molecule has 0 saturated heterocycles. The highest BCUT2D eigenvalue weighted by molar-refractivity contribution is 5.95. The zero-order chi connectivity index (χ0) is 14.3. The Morgan fingerprint density at radius 1 is 1.42 bits per heavy atom. The van der Waals surface area contributed by atoms with Crippen LogP contribution < -0.4 is 10.6 Å². The fraction of sp³-hybridized carbons (Fsp3) is 0.417. The number of carboxylic acid groups (broad SMARTS) is 1.